The summed E-state index contributed by atoms with van der Waals surface area (Å²) < 4.78 is 0. The Balaban J connectivity index is 1.76. The third-order valence-electron chi connectivity index (χ3n) is 4.98. The van der Waals surface area contributed by atoms with Gasteiger partial charge in [-0.3, -0.25) is 4.90 Å². The minimum absolute atomic E-state index is 0.761. The van der Waals surface area contributed by atoms with Gasteiger partial charge in [0, 0.05) is 18.6 Å². The molecule has 0 radical (unpaired) electrons. The third kappa shape index (κ3) is 4.44. The summed E-state index contributed by atoms with van der Waals surface area (Å²) >= 11 is 0. The first-order valence-electron chi connectivity index (χ1n) is 8.47. The summed E-state index contributed by atoms with van der Waals surface area (Å²) in [5.74, 6) is 0. The van der Waals surface area contributed by atoms with Crippen LogP contribution in [-0.4, -0.2) is 61.7 Å². The maximum atomic E-state index is 3.37. The average Bonchev–Trinajstić information content (AvgIpc) is 2.48. The van der Waals surface area contributed by atoms with Crippen LogP contribution in [0.25, 0.3) is 0 Å². The number of rotatable bonds is 6. The van der Waals surface area contributed by atoms with Gasteiger partial charge >= 0.3 is 0 Å². The molecule has 2 aliphatic rings. The topological polar surface area (TPSA) is 18.5 Å². The van der Waals surface area contributed by atoms with Gasteiger partial charge in [0.15, 0.2) is 0 Å². The SMILES string of the molecule is CCCC(CNC)N1CCC(N2CCCCC2)CC1. The Morgan fingerprint density at radius 2 is 1.74 bits per heavy atom. The zero-order valence-corrected chi connectivity index (χ0v) is 13.0. The smallest absolute Gasteiger partial charge is 0.0220 e. The zero-order chi connectivity index (χ0) is 13.5. The van der Waals surface area contributed by atoms with E-state index in [0.29, 0.717) is 0 Å². The van der Waals surface area contributed by atoms with Crippen molar-refractivity contribution in [2.24, 2.45) is 0 Å². The van der Waals surface area contributed by atoms with E-state index in [1.807, 2.05) is 0 Å². The highest BCUT2D eigenvalue weighted by atomic mass is 15.2. The summed E-state index contributed by atoms with van der Waals surface area (Å²) in [7, 11) is 2.09. The van der Waals surface area contributed by atoms with Crippen molar-refractivity contribution in [3.63, 3.8) is 0 Å². The molecule has 19 heavy (non-hydrogen) atoms. The fraction of sp³-hybridized carbons (Fsp3) is 1.00. The molecule has 2 rings (SSSR count). The minimum atomic E-state index is 0.761. The van der Waals surface area contributed by atoms with Crippen LogP contribution in [0, 0.1) is 0 Å². The number of likely N-dealkylation sites (tertiary alicyclic amines) is 2. The lowest BCUT2D eigenvalue weighted by Crippen LogP contribution is -2.51. The van der Waals surface area contributed by atoms with Crippen molar-refractivity contribution in [2.45, 2.75) is 64.0 Å². The summed E-state index contributed by atoms with van der Waals surface area (Å²) in [5.41, 5.74) is 0. The van der Waals surface area contributed by atoms with Gasteiger partial charge in [0.05, 0.1) is 0 Å². The average molecular weight is 267 g/mol. The molecule has 1 unspecified atom stereocenters. The molecule has 0 spiro atoms. The fourth-order valence-electron chi connectivity index (χ4n) is 3.88. The van der Waals surface area contributed by atoms with Crippen LogP contribution < -0.4 is 5.32 Å². The van der Waals surface area contributed by atoms with E-state index in [2.05, 4.69) is 29.1 Å². The van der Waals surface area contributed by atoms with Crippen molar-refractivity contribution in [1.82, 2.24) is 15.1 Å². The molecule has 2 fully saturated rings. The molecular formula is C16H33N3. The van der Waals surface area contributed by atoms with Gasteiger partial charge in [0.1, 0.15) is 0 Å². The monoisotopic (exact) mass is 267 g/mol. The number of nitrogens with zero attached hydrogens (tertiary/aromatic N) is 2. The maximum Gasteiger partial charge on any atom is 0.0220 e. The second-order valence-corrected chi connectivity index (χ2v) is 6.36. The third-order valence-corrected chi connectivity index (χ3v) is 4.98. The van der Waals surface area contributed by atoms with Gasteiger partial charge in [0.2, 0.25) is 0 Å². The summed E-state index contributed by atoms with van der Waals surface area (Å²) in [5, 5.41) is 3.37. The summed E-state index contributed by atoms with van der Waals surface area (Å²) in [6.07, 6.45) is 9.74. The molecule has 112 valence electrons. The molecule has 1 N–H and O–H groups in total. The van der Waals surface area contributed by atoms with E-state index in [1.165, 1.54) is 71.1 Å². The molecule has 0 bridgehead atoms. The summed E-state index contributed by atoms with van der Waals surface area (Å²) in [6, 6.07) is 1.64. The molecule has 3 heteroatoms. The molecule has 2 saturated heterocycles. The standard InChI is InChI=1S/C16H33N3/c1-3-7-16(14-17-2)19-12-8-15(9-13-19)18-10-5-4-6-11-18/h15-17H,3-14H2,1-2H3. The molecular weight excluding hydrogens is 234 g/mol. The Morgan fingerprint density at radius 1 is 1.05 bits per heavy atom. The number of hydrogen-bond acceptors (Lipinski definition) is 3. The van der Waals surface area contributed by atoms with Crippen molar-refractivity contribution < 1.29 is 0 Å². The largest absolute Gasteiger partial charge is 0.318 e. The van der Waals surface area contributed by atoms with Crippen molar-refractivity contribution >= 4 is 0 Å². The van der Waals surface area contributed by atoms with Gasteiger partial charge in [-0.15, -0.1) is 0 Å². The normalized spacial score (nSPS) is 25.6. The first kappa shape index (κ1) is 15.3. The number of likely N-dealkylation sites (N-methyl/N-ethyl adjacent to an activating group) is 1. The molecule has 2 aliphatic heterocycles. The molecule has 0 aliphatic carbocycles. The van der Waals surface area contributed by atoms with Crippen LogP contribution in [0.4, 0.5) is 0 Å². The second kappa shape index (κ2) is 8.23. The highest BCUT2D eigenvalue weighted by Gasteiger charge is 2.28. The Kier molecular flexibility index (Phi) is 6.62. The van der Waals surface area contributed by atoms with Gasteiger partial charge in [-0.05, 0) is 65.3 Å². The predicted octanol–water partition coefficient (Wildman–Crippen LogP) is 2.32. The molecule has 0 aromatic rings. The molecule has 1 atom stereocenters. The van der Waals surface area contributed by atoms with E-state index in [0.717, 1.165) is 18.6 Å². The zero-order valence-electron chi connectivity index (χ0n) is 13.0. The van der Waals surface area contributed by atoms with Crippen LogP contribution in [0.2, 0.25) is 0 Å². The maximum absolute atomic E-state index is 3.37. The van der Waals surface area contributed by atoms with Crippen LogP contribution in [0.3, 0.4) is 0 Å². The van der Waals surface area contributed by atoms with E-state index in [4.69, 9.17) is 0 Å². The van der Waals surface area contributed by atoms with Gasteiger partial charge in [-0.1, -0.05) is 19.8 Å². The lowest BCUT2D eigenvalue weighted by atomic mass is 9.98. The van der Waals surface area contributed by atoms with E-state index in [9.17, 15) is 0 Å². The number of nitrogens with one attached hydrogen (secondary N) is 1. The molecule has 0 saturated carbocycles. The fourth-order valence-corrected chi connectivity index (χ4v) is 3.88. The van der Waals surface area contributed by atoms with E-state index < -0.39 is 0 Å². The number of piperidine rings is 2. The van der Waals surface area contributed by atoms with Gasteiger partial charge in [-0.25, -0.2) is 0 Å². The number of hydrogen-bond donors (Lipinski definition) is 1. The van der Waals surface area contributed by atoms with Crippen LogP contribution in [0.5, 0.6) is 0 Å². The quantitative estimate of drug-likeness (QED) is 0.797. The Morgan fingerprint density at radius 3 is 2.32 bits per heavy atom. The highest BCUT2D eigenvalue weighted by Crippen LogP contribution is 2.22. The van der Waals surface area contributed by atoms with E-state index >= 15 is 0 Å². The lowest BCUT2D eigenvalue weighted by Gasteiger charge is -2.42. The molecule has 0 aromatic carbocycles. The van der Waals surface area contributed by atoms with Crippen molar-refractivity contribution in [3.05, 3.63) is 0 Å². The Hall–Kier alpha value is -0.120. The van der Waals surface area contributed by atoms with E-state index in [-0.39, 0.29) is 0 Å². The van der Waals surface area contributed by atoms with Gasteiger partial charge in [-0.2, -0.15) is 0 Å². The van der Waals surface area contributed by atoms with Gasteiger partial charge < -0.3 is 10.2 Å². The van der Waals surface area contributed by atoms with Crippen molar-refractivity contribution in [2.75, 3.05) is 39.8 Å². The van der Waals surface area contributed by atoms with Crippen molar-refractivity contribution in [1.29, 1.82) is 0 Å². The van der Waals surface area contributed by atoms with Crippen LogP contribution in [0.15, 0.2) is 0 Å². The Labute approximate surface area is 119 Å². The molecule has 0 aromatic heterocycles. The first-order chi connectivity index (χ1) is 9.35. The predicted molar refractivity (Wildman–Crippen MR) is 82.6 cm³/mol. The summed E-state index contributed by atoms with van der Waals surface area (Å²) in [4.78, 5) is 5.51. The van der Waals surface area contributed by atoms with Crippen molar-refractivity contribution in [3.8, 4) is 0 Å². The van der Waals surface area contributed by atoms with Crippen LogP contribution in [-0.2, 0) is 0 Å². The molecule has 0 amide bonds. The highest BCUT2D eigenvalue weighted by molar-refractivity contribution is 4.84. The van der Waals surface area contributed by atoms with Gasteiger partial charge in [0.25, 0.3) is 0 Å². The summed E-state index contributed by atoms with van der Waals surface area (Å²) in [6.45, 7) is 8.81. The van der Waals surface area contributed by atoms with Crippen LogP contribution in [0.1, 0.15) is 51.9 Å². The molecule has 3 nitrogen and oxygen atoms in total. The van der Waals surface area contributed by atoms with Crippen LogP contribution >= 0.6 is 0 Å². The lowest BCUT2D eigenvalue weighted by molar-refractivity contribution is 0.0698. The minimum Gasteiger partial charge on any atom is -0.318 e. The van der Waals surface area contributed by atoms with E-state index in [1.54, 1.807) is 0 Å². The molecule has 2 heterocycles. The Bertz CT molecular complexity index is 224. The first-order valence-corrected chi connectivity index (χ1v) is 8.47. The second-order valence-electron chi connectivity index (χ2n) is 6.36.